The highest BCUT2D eigenvalue weighted by Crippen LogP contribution is 2.20. The molecule has 0 N–H and O–H groups in total. The van der Waals surface area contributed by atoms with Gasteiger partial charge in [0.25, 0.3) is 0 Å². The van der Waals surface area contributed by atoms with Crippen molar-refractivity contribution in [1.29, 1.82) is 0 Å². The molecule has 0 saturated heterocycles. The fourth-order valence-electron chi connectivity index (χ4n) is 3.70. The Labute approximate surface area is 164 Å². The zero-order valence-corrected chi connectivity index (χ0v) is 19.8. The number of rotatable bonds is 8. The second-order valence-corrected chi connectivity index (χ2v) is 9.58. The summed E-state index contributed by atoms with van der Waals surface area (Å²) in [6, 6.07) is 0.947. The monoisotopic (exact) mass is 366 g/mol. The first-order valence-electron chi connectivity index (χ1n) is 10.4. The number of amidine groups is 2. The number of aliphatic imine (C=N–C) groups is 2. The molecule has 0 heterocycles. The van der Waals surface area contributed by atoms with Crippen LogP contribution in [0.5, 0.6) is 0 Å². The average Bonchev–Trinajstić information content (AvgIpc) is 2.39. The van der Waals surface area contributed by atoms with E-state index >= 15 is 0 Å². The minimum atomic E-state index is -0.0411. The molecule has 0 aromatic rings. The normalized spacial score (nSPS) is 14.4. The molecule has 4 nitrogen and oxygen atoms in total. The highest BCUT2D eigenvalue weighted by Gasteiger charge is 2.21. The van der Waals surface area contributed by atoms with E-state index in [1.807, 2.05) is 0 Å². The zero-order chi connectivity index (χ0) is 20.7. The zero-order valence-electron chi connectivity index (χ0n) is 19.8. The summed E-state index contributed by atoms with van der Waals surface area (Å²) >= 11 is 0. The Morgan fingerprint density at radius 2 is 1.35 bits per heavy atom. The molecule has 4 heteroatoms. The van der Waals surface area contributed by atoms with Gasteiger partial charge in [-0.25, -0.2) is 0 Å². The van der Waals surface area contributed by atoms with E-state index in [1.165, 1.54) is 0 Å². The highest BCUT2D eigenvalue weighted by atomic mass is 15.2. The Bertz CT molecular complexity index is 459. The maximum atomic E-state index is 5.07. The second-order valence-electron chi connectivity index (χ2n) is 9.58. The first-order valence-corrected chi connectivity index (χ1v) is 10.4. The van der Waals surface area contributed by atoms with Crippen LogP contribution >= 0.6 is 0 Å². The molecule has 0 unspecified atom stereocenters. The largest absolute Gasteiger partial charge is 0.361 e. The van der Waals surface area contributed by atoms with Gasteiger partial charge in [0.2, 0.25) is 0 Å². The van der Waals surface area contributed by atoms with Crippen molar-refractivity contribution in [3.63, 3.8) is 0 Å². The molecule has 0 spiro atoms. The molecule has 154 valence electrons. The van der Waals surface area contributed by atoms with E-state index in [0.717, 1.165) is 37.6 Å². The van der Waals surface area contributed by atoms with Crippen LogP contribution in [-0.2, 0) is 0 Å². The molecule has 0 aliphatic heterocycles. The Morgan fingerprint density at radius 1 is 0.846 bits per heavy atom. The average molecular weight is 367 g/mol. The summed E-state index contributed by atoms with van der Waals surface area (Å²) in [5.41, 5.74) is -0.0596. The van der Waals surface area contributed by atoms with Crippen molar-refractivity contribution < 1.29 is 0 Å². The minimum Gasteiger partial charge on any atom is -0.361 e. The summed E-state index contributed by atoms with van der Waals surface area (Å²) in [6.45, 7) is 28.4. The predicted octanol–water partition coefficient (Wildman–Crippen LogP) is 5.62. The number of hydrogen-bond acceptors (Lipinski definition) is 2. The first kappa shape index (κ1) is 24.9. The van der Waals surface area contributed by atoms with Crippen LogP contribution in [0, 0.1) is 0 Å². The molecule has 0 rings (SSSR count). The Balaban J connectivity index is 4.91. The van der Waals surface area contributed by atoms with Crippen molar-refractivity contribution in [3.8, 4) is 0 Å². The molecule has 0 atom stereocenters. The van der Waals surface area contributed by atoms with Crippen LogP contribution in [0.25, 0.3) is 0 Å². The number of hydrogen-bond donors (Lipinski definition) is 0. The second kappa shape index (κ2) is 10.3. The molecule has 0 aliphatic rings. The standard InChI is InChI=1S/C22H46N4/c1-13-25(19(6)23-21(8,9)10)16-14-15-22(11,12)24-20(7)26(17(2)3)18(4)5/h17-18H,13-16H2,1-12H3. The lowest BCUT2D eigenvalue weighted by Crippen LogP contribution is -2.42. The van der Waals surface area contributed by atoms with Crippen LogP contribution in [0.1, 0.15) is 95.9 Å². The van der Waals surface area contributed by atoms with Crippen LogP contribution in [0.4, 0.5) is 0 Å². The summed E-state index contributed by atoms with van der Waals surface area (Å²) in [5, 5.41) is 0. The summed E-state index contributed by atoms with van der Waals surface area (Å²) in [4.78, 5) is 14.7. The smallest absolute Gasteiger partial charge is 0.0968 e. The van der Waals surface area contributed by atoms with Crippen molar-refractivity contribution in [2.45, 2.75) is 119 Å². The molecule has 0 saturated carbocycles. The van der Waals surface area contributed by atoms with Gasteiger partial charge in [0, 0.05) is 25.2 Å². The molecule has 0 aromatic carbocycles. The maximum absolute atomic E-state index is 5.07. The van der Waals surface area contributed by atoms with Crippen molar-refractivity contribution >= 4 is 11.7 Å². The third-order valence-electron chi connectivity index (χ3n) is 4.50. The third kappa shape index (κ3) is 9.59. The molecule has 0 bridgehead atoms. The fraction of sp³-hybridized carbons (Fsp3) is 0.909. The Hall–Kier alpha value is -1.06. The van der Waals surface area contributed by atoms with Crippen molar-refractivity contribution in [2.75, 3.05) is 13.1 Å². The lowest BCUT2D eigenvalue weighted by Gasteiger charge is -2.35. The first-order chi connectivity index (χ1) is 11.7. The minimum absolute atomic E-state index is 0.0185. The van der Waals surface area contributed by atoms with Gasteiger partial charge in [-0.15, -0.1) is 0 Å². The molecule has 0 aromatic heterocycles. The Kier molecular flexibility index (Phi) is 9.90. The van der Waals surface area contributed by atoms with E-state index in [1.54, 1.807) is 0 Å². The molecule has 26 heavy (non-hydrogen) atoms. The quantitative estimate of drug-likeness (QED) is 0.412. The van der Waals surface area contributed by atoms with Gasteiger partial charge in [-0.2, -0.15) is 0 Å². The summed E-state index contributed by atoms with van der Waals surface area (Å²) in [7, 11) is 0. The van der Waals surface area contributed by atoms with Crippen LogP contribution in [0.3, 0.4) is 0 Å². The van der Waals surface area contributed by atoms with Crippen LogP contribution in [0.15, 0.2) is 9.98 Å². The lowest BCUT2D eigenvalue weighted by atomic mass is 9.99. The van der Waals surface area contributed by atoms with Crippen molar-refractivity contribution in [2.24, 2.45) is 9.98 Å². The van der Waals surface area contributed by atoms with Gasteiger partial charge in [0.1, 0.15) is 0 Å². The van der Waals surface area contributed by atoms with Gasteiger partial charge in [0.15, 0.2) is 0 Å². The fourth-order valence-corrected chi connectivity index (χ4v) is 3.70. The number of nitrogens with zero attached hydrogens (tertiary/aromatic N) is 4. The molecular formula is C22H46N4. The van der Waals surface area contributed by atoms with Gasteiger partial charge >= 0.3 is 0 Å². The topological polar surface area (TPSA) is 31.2 Å². The molecule has 0 aliphatic carbocycles. The molecule has 0 radical (unpaired) electrons. The highest BCUT2D eigenvalue weighted by molar-refractivity contribution is 5.81. The molecule has 0 amide bonds. The van der Waals surface area contributed by atoms with E-state index in [-0.39, 0.29) is 11.1 Å². The molecular weight excluding hydrogens is 320 g/mol. The van der Waals surface area contributed by atoms with E-state index in [4.69, 9.17) is 9.98 Å². The van der Waals surface area contributed by atoms with Crippen LogP contribution in [-0.4, -0.2) is 57.7 Å². The van der Waals surface area contributed by atoms with E-state index in [0.29, 0.717) is 12.1 Å². The van der Waals surface area contributed by atoms with Crippen molar-refractivity contribution in [3.05, 3.63) is 0 Å². The van der Waals surface area contributed by atoms with Crippen LogP contribution < -0.4 is 0 Å². The third-order valence-corrected chi connectivity index (χ3v) is 4.50. The van der Waals surface area contributed by atoms with Gasteiger partial charge in [-0.1, -0.05) is 0 Å². The summed E-state index contributed by atoms with van der Waals surface area (Å²) < 4.78 is 0. The molecule has 0 fully saturated rings. The lowest BCUT2D eigenvalue weighted by molar-refractivity contribution is 0.284. The van der Waals surface area contributed by atoms with Gasteiger partial charge in [-0.3, -0.25) is 9.98 Å². The maximum Gasteiger partial charge on any atom is 0.0968 e. The summed E-state index contributed by atoms with van der Waals surface area (Å²) in [5.74, 6) is 2.29. The summed E-state index contributed by atoms with van der Waals surface area (Å²) in [6.07, 6.45) is 2.20. The Morgan fingerprint density at radius 3 is 1.73 bits per heavy atom. The van der Waals surface area contributed by atoms with Crippen LogP contribution in [0.2, 0.25) is 0 Å². The van der Waals surface area contributed by atoms with E-state index in [9.17, 15) is 0 Å². The SMILES string of the molecule is CCN(CCCC(C)(C)N=C(C)N(C(C)C)C(C)C)C(C)=NC(C)(C)C. The van der Waals surface area contributed by atoms with E-state index in [2.05, 4.69) is 92.9 Å². The van der Waals surface area contributed by atoms with E-state index < -0.39 is 0 Å². The van der Waals surface area contributed by atoms with Gasteiger partial charge in [0.05, 0.1) is 22.7 Å². The van der Waals surface area contributed by atoms with Gasteiger partial charge in [-0.05, 0) is 95.9 Å². The van der Waals surface area contributed by atoms with Crippen molar-refractivity contribution in [1.82, 2.24) is 9.80 Å². The predicted molar refractivity (Wildman–Crippen MR) is 119 cm³/mol. The van der Waals surface area contributed by atoms with Gasteiger partial charge < -0.3 is 9.80 Å².